The number of hydrogen-bond acceptors (Lipinski definition) is 4. The van der Waals surface area contributed by atoms with Gasteiger partial charge in [0, 0.05) is 18.8 Å². The highest BCUT2D eigenvalue weighted by atomic mass is 79.9. The van der Waals surface area contributed by atoms with Crippen molar-refractivity contribution in [1.29, 1.82) is 0 Å². The van der Waals surface area contributed by atoms with Crippen LogP contribution in [0, 0.1) is 0 Å². The third-order valence-electron chi connectivity index (χ3n) is 2.54. The summed E-state index contributed by atoms with van der Waals surface area (Å²) in [6, 6.07) is 10.5. The van der Waals surface area contributed by atoms with E-state index in [0.29, 0.717) is 16.3 Å². The molecule has 0 saturated heterocycles. The first kappa shape index (κ1) is 15.5. The standard InChI is InChI=1S/C14H13BrN2O3S/c1-16-13(18)8-20-10-4-2-3-9(7-10)17-14(19)11-5-6-12(15)21-11/h2-7H,8H2,1H3,(H,16,18)(H,17,19). The molecule has 0 spiro atoms. The second-order valence-corrected chi connectivity index (χ2v) is 6.51. The van der Waals surface area contributed by atoms with Gasteiger partial charge in [0.1, 0.15) is 5.75 Å². The first-order chi connectivity index (χ1) is 10.1. The number of thiophene rings is 1. The lowest BCUT2D eigenvalue weighted by molar-refractivity contribution is -0.122. The van der Waals surface area contributed by atoms with Gasteiger partial charge in [-0.25, -0.2) is 0 Å². The highest BCUT2D eigenvalue weighted by Crippen LogP contribution is 2.24. The number of ether oxygens (including phenoxy) is 1. The average molecular weight is 369 g/mol. The van der Waals surface area contributed by atoms with Crippen molar-refractivity contribution >= 4 is 44.8 Å². The molecule has 110 valence electrons. The van der Waals surface area contributed by atoms with Crippen molar-refractivity contribution in [3.8, 4) is 5.75 Å². The Balaban J connectivity index is 2.00. The molecule has 7 heteroatoms. The van der Waals surface area contributed by atoms with Gasteiger partial charge in [-0.15, -0.1) is 11.3 Å². The van der Waals surface area contributed by atoms with Gasteiger partial charge in [-0.3, -0.25) is 9.59 Å². The van der Waals surface area contributed by atoms with E-state index in [-0.39, 0.29) is 18.4 Å². The molecule has 2 N–H and O–H groups in total. The van der Waals surface area contributed by atoms with Crippen molar-refractivity contribution in [2.75, 3.05) is 19.0 Å². The fourth-order valence-corrected chi connectivity index (χ4v) is 2.80. The highest BCUT2D eigenvalue weighted by Gasteiger charge is 2.09. The lowest BCUT2D eigenvalue weighted by atomic mass is 10.3. The maximum absolute atomic E-state index is 12.0. The van der Waals surface area contributed by atoms with Crippen LogP contribution in [0.1, 0.15) is 9.67 Å². The first-order valence-corrected chi connectivity index (χ1v) is 7.69. The molecule has 0 saturated carbocycles. The summed E-state index contributed by atoms with van der Waals surface area (Å²) in [6.07, 6.45) is 0. The average Bonchev–Trinajstić information content (AvgIpc) is 2.92. The summed E-state index contributed by atoms with van der Waals surface area (Å²) in [5, 5.41) is 5.25. The number of hydrogen-bond donors (Lipinski definition) is 2. The minimum Gasteiger partial charge on any atom is -0.484 e. The topological polar surface area (TPSA) is 67.4 Å². The van der Waals surface area contributed by atoms with Gasteiger partial charge in [0.2, 0.25) is 0 Å². The maximum Gasteiger partial charge on any atom is 0.265 e. The van der Waals surface area contributed by atoms with Gasteiger partial charge in [-0.2, -0.15) is 0 Å². The molecule has 5 nitrogen and oxygen atoms in total. The summed E-state index contributed by atoms with van der Waals surface area (Å²) >= 11 is 4.68. The van der Waals surface area contributed by atoms with Crippen LogP contribution in [0.5, 0.6) is 5.75 Å². The van der Waals surface area contributed by atoms with Gasteiger partial charge in [-0.05, 0) is 40.2 Å². The van der Waals surface area contributed by atoms with Crippen LogP contribution in [0.2, 0.25) is 0 Å². The van der Waals surface area contributed by atoms with Crippen LogP contribution in [0.3, 0.4) is 0 Å². The van der Waals surface area contributed by atoms with E-state index in [1.54, 1.807) is 37.4 Å². The third kappa shape index (κ3) is 4.57. The van der Waals surface area contributed by atoms with Gasteiger partial charge < -0.3 is 15.4 Å². The zero-order valence-corrected chi connectivity index (χ0v) is 13.6. The monoisotopic (exact) mass is 368 g/mol. The van der Waals surface area contributed by atoms with E-state index in [1.807, 2.05) is 6.07 Å². The van der Waals surface area contributed by atoms with Gasteiger partial charge in [0.15, 0.2) is 6.61 Å². The number of carbonyl (C=O) groups is 2. The number of rotatable bonds is 5. The van der Waals surface area contributed by atoms with Crippen molar-refractivity contribution in [3.63, 3.8) is 0 Å². The van der Waals surface area contributed by atoms with E-state index in [0.717, 1.165) is 3.79 Å². The number of amides is 2. The van der Waals surface area contributed by atoms with E-state index in [4.69, 9.17) is 4.74 Å². The Morgan fingerprint density at radius 2 is 2.10 bits per heavy atom. The van der Waals surface area contributed by atoms with E-state index >= 15 is 0 Å². The minimum absolute atomic E-state index is 0.0637. The zero-order chi connectivity index (χ0) is 15.2. The molecule has 0 aliphatic rings. The molecule has 2 aromatic rings. The van der Waals surface area contributed by atoms with E-state index in [2.05, 4.69) is 26.6 Å². The number of nitrogens with one attached hydrogen (secondary N) is 2. The number of anilines is 1. The van der Waals surface area contributed by atoms with Crippen LogP contribution in [0.4, 0.5) is 5.69 Å². The van der Waals surface area contributed by atoms with Crippen LogP contribution >= 0.6 is 27.3 Å². The van der Waals surface area contributed by atoms with Crippen LogP contribution < -0.4 is 15.4 Å². The number of carbonyl (C=O) groups excluding carboxylic acids is 2. The van der Waals surface area contributed by atoms with E-state index in [9.17, 15) is 9.59 Å². The molecule has 0 aliphatic carbocycles. The third-order valence-corrected chi connectivity index (χ3v) is 4.16. The molecular formula is C14H13BrN2O3S. The molecule has 0 bridgehead atoms. The molecule has 0 atom stereocenters. The summed E-state index contributed by atoms with van der Waals surface area (Å²) in [5.41, 5.74) is 0.610. The lowest BCUT2D eigenvalue weighted by Gasteiger charge is -2.08. The predicted octanol–water partition coefficient (Wildman–Crippen LogP) is 2.89. The zero-order valence-electron chi connectivity index (χ0n) is 11.2. The maximum atomic E-state index is 12.0. The van der Waals surface area contributed by atoms with Gasteiger partial charge in [-0.1, -0.05) is 6.07 Å². The van der Waals surface area contributed by atoms with Crippen molar-refractivity contribution in [3.05, 3.63) is 45.1 Å². The molecule has 21 heavy (non-hydrogen) atoms. The second kappa shape index (κ2) is 7.24. The summed E-state index contributed by atoms with van der Waals surface area (Å²) in [5.74, 6) is 0.116. The molecule has 0 radical (unpaired) electrons. The largest absolute Gasteiger partial charge is 0.484 e. The Morgan fingerprint density at radius 1 is 1.29 bits per heavy atom. The predicted molar refractivity (Wildman–Crippen MR) is 86.0 cm³/mol. The summed E-state index contributed by atoms with van der Waals surface area (Å²) in [6.45, 7) is -0.0637. The molecule has 2 rings (SSSR count). The molecule has 1 aromatic heterocycles. The van der Waals surface area contributed by atoms with Crippen molar-refractivity contribution in [2.24, 2.45) is 0 Å². The van der Waals surface area contributed by atoms with E-state index < -0.39 is 0 Å². The number of benzene rings is 1. The van der Waals surface area contributed by atoms with Crippen molar-refractivity contribution in [2.45, 2.75) is 0 Å². The highest BCUT2D eigenvalue weighted by molar-refractivity contribution is 9.11. The normalized spacial score (nSPS) is 10.0. The van der Waals surface area contributed by atoms with Crippen molar-refractivity contribution < 1.29 is 14.3 Å². The summed E-state index contributed by atoms with van der Waals surface area (Å²) in [7, 11) is 1.54. The SMILES string of the molecule is CNC(=O)COc1cccc(NC(=O)c2ccc(Br)s2)c1. The Kier molecular flexibility index (Phi) is 5.35. The number of likely N-dealkylation sites (N-methyl/N-ethyl adjacent to an activating group) is 1. The van der Waals surface area contributed by atoms with Crippen LogP contribution in [0.15, 0.2) is 40.2 Å². The molecule has 2 amide bonds. The molecular weight excluding hydrogens is 356 g/mol. The fraction of sp³-hybridized carbons (Fsp3) is 0.143. The summed E-state index contributed by atoms with van der Waals surface area (Å²) < 4.78 is 6.22. The Hall–Kier alpha value is -1.86. The summed E-state index contributed by atoms with van der Waals surface area (Å²) in [4.78, 5) is 23.8. The first-order valence-electron chi connectivity index (χ1n) is 6.08. The van der Waals surface area contributed by atoms with Gasteiger partial charge in [0.05, 0.1) is 8.66 Å². The van der Waals surface area contributed by atoms with Gasteiger partial charge >= 0.3 is 0 Å². The Morgan fingerprint density at radius 3 is 2.76 bits per heavy atom. The molecule has 1 heterocycles. The van der Waals surface area contributed by atoms with Crippen LogP contribution in [0.25, 0.3) is 0 Å². The Labute approximate surface area is 134 Å². The number of halogens is 1. The van der Waals surface area contributed by atoms with Crippen LogP contribution in [-0.4, -0.2) is 25.5 Å². The smallest absolute Gasteiger partial charge is 0.265 e. The minimum atomic E-state index is -0.215. The lowest BCUT2D eigenvalue weighted by Crippen LogP contribution is -2.24. The molecule has 0 aliphatic heterocycles. The fourth-order valence-electron chi connectivity index (χ4n) is 1.51. The van der Waals surface area contributed by atoms with Gasteiger partial charge in [0.25, 0.3) is 11.8 Å². The molecule has 1 aromatic carbocycles. The second-order valence-electron chi connectivity index (χ2n) is 4.05. The van der Waals surface area contributed by atoms with Crippen molar-refractivity contribution in [1.82, 2.24) is 5.32 Å². The molecule has 0 unspecified atom stereocenters. The quantitative estimate of drug-likeness (QED) is 0.852. The molecule has 0 fully saturated rings. The van der Waals surface area contributed by atoms with Crippen LogP contribution in [-0.2, 0) is 4.79 Å². The van der Waals surface area contributed by atoms with E-state index in [1.165, 1.54) is 11.3 Å². The Bertz CT molecular complexity index is 657.